The van der Waals surface area contributed by atoms with Crippen molar-refractivity contribution < 1.29 is 27.4 Å². The molecule has 0 saturated carbocycles. The summed E-state index contributed by atoms with van der Waals surface area (Å²) in [4.78, 5) is 0. The average Bonchev–Trinajstić information content (AvgIpc) is 2.03. The van der Waals surface area contributed by atoms with Gasteiger partial charge in [-0.2, -0.15) is 13.5 Å². The molecule has 0 saturated heterocycles. The predicted octanol–water partition coefficient (Wildman–Crippen LogP) is -1.13. The van der Waals surface area contributed by atoms with Crippen LogP contribution in [0.4, 0.5) is 8.78 Å². The topological polar surface area (TPSA) is 86.6 Å². The minimum Gasteiger partial charge on any atom is -0.394 e. The smallest absolute Gasteiger partial charge is 0.350 e. The molecule has 13 heavy (non-hydrogen) atoms. The molecule has 0 amide bonds. The number of aliphatic hydroxyl groups is 2. The van der Waals surface area contributed by atoms with Gasteiger partial charge in [-0.15, -0.1) is 0 Å². The number of aliphatic hydroxyl groups excluding tert-OH is 2. The van der Waals surface area contributed by atoms with E-state index in [2.05, 4.69) is 0 Å². The van der Waals surface area contributed by atoms with E-state index in [1.807, 2.05) is 0 Å². The van der Waals surface area contributed by atoms with Crippen molar-refractivity contribution in [1.29, 1.82) is 0 Å². The summed E-state index contributed by atoms with van der Waals surface area (Å²) in [5.41, 5.74) is -1.66. The first-order valence-electron chi connectivity index (χ1n) is 3.30. The maximum Gasteiger partial charge on any atom is 0.350 e. The number of rotatable bonds is 5. The van der Waals surface area contributed by atoms with E-state index in [-0.39, 0.29) is 0 Å². The molecule has 5 nitrogen and oxygen atoms in total. The molecule has 0 bridgehead atoms. The third-order valence-corrected chi connectivity index (χ3v) is 2.57. The SMILES string of the molecule is CC(CO)(CO)NS(=O)(=O)C(F)F. The van der Waals surface area contributed by atoms with Crippen molar-refractivity contribution in [3.63, 3.8) is 0 Å². The lowest BCUT2D eigenvalue weighted by Crippen LogP contribution is -2.53. The van der Waals surface area contributed by atoms with E-state index in [1.54, 1.807) is 0 Å². The minimum absolute atomic E-state index is 0.768. The Hall–Kier alpha value is -0.310. The van der Waals surface area contributed by atoms with Crippen molar-refractivity contribution in [3.05, 3.63) is 0 Å². The van der Waals surface area contributed by atoms with Crippen LogP contribution < -0.4 is 4.72 Å². The van der Waals surface area contributed by atoms with Crippen LogP contribution in [0.15, 0.2) is 0 Å². The van der Waals surface area contributed by atoms with Gasteiger partial charge in [-0.1, -0.05) is 0 Å². The molecule has 8 heteroatoms. The zero-order valence-corrected chi connectivity index (χ0v) is 7.68. The molecule has 0 rings (SSSR count). The Morgan fingerprint density at radius 2 is 1.77 bits per heavy atom. The lowest BCUT2D eigenvalue weighted by molar-refractivity contribution is 0.119. The number of sulfonamides is 1. The molecule has 80 valence electrons. The molecule has 0 spiro atoms. The number of nitrogens with one attached hydrogen (secondary N) is 1. The minimum atomic E-state index is -4.78. The third-order valence-electron chi connectivity index (χ3n) is 1.32. The maximum absolute atomic E-state index is 11.8. The van der Waals surface area contributed by atoms with Crippen LogP contribution in [0.1, 0.15) is 6.92 Å². The van der Waals surface area contributed by atoms with E-state index in [9.17, 15) is 17.2 Å². The van der Waals surface area contributed by atoms with E-state index in [1.165, 1.54) is 4.72 Å². The van der Waals surface area contributed by atoms with Crippen LogP contribution in [-0.4, -0.2) is 43.1 Å². The summed E-state index contributed by atoms with van der Waals surface area (Å²) in [6.45, 7) is -0.433. The zero-order chi connectivity index (χ0) is 10.7. The van der Waals surface area contributed by atoms with E-state index in [0.717, 1.165) is 6.92 Å². The summed E-state index contributed by atoms with van der Waals surface area (Å²) in [5.74, 6) is -3.58. The molecule has 0 unspecified atom stereocenters. The normalized spacial score (nSPS) is 13.7. The van der Waals surface area contributed by atoms with E-state index < -0.39 is 34.5 Å². The Balaban J connectivity index is 4.60. The quantitative estimate of drug-likeness (QED) is 0.546. The number of halogens is 2. The lowest BCUT2D eigenvalue weighted by atomic mass is 10.1. The Labute approximate surface area is 74.4 Å². The molecule has 0 aromatic carbocycles. The second kappa shape index (κ2) is 4.27. The molecule has 0 aromatic heterocycles. The Morgan fingerprint density at radius 1 is 1.38 bits per heavy atom. The molecule has 0 aliphatic rings. The van der Waals surface area contributed by atoms with Gasteiger partial charge in [0.25, 0.3) is 10.0 Å². The Kier molecular flexibility index (Phi) is 4.17. The van der Waals surface area contributed by atoms with Crippen molar-refractivity contribution in [2.75, 3.05) is 13.2 Å². The summed E-state index contributed by atoms with van der Waals surface area (Å²) in [7, 11) is -4.78. The van der Waals surface area contributed by atoms with Gasteiger partial charge in [0.05, 0.1) is 18.8 Å². The van der Waals surface area contributed by atoms with Crippen LogP contribution >= 0.6 is 0 Å². The molecule has 3 N–H and O–H groups in total. The first kappa shape index (κ1) is 12.7. The van der Waals surface area contributed by atoms with Gasteiger partial charge in [-0.05, 0) is 6.92 Å². The second-order valence-corrected chi connectivity index (χ2v) is 4.44. The fourth-order valence-electron chi connectivity index (χ4n) is 0.503. The second-order valence-electron chi connectivity index (χ2n) is 2.78. The summed E-state index contributed by atoms with van der Waals surface area (Å²) >= 11 is 0. The van der Waals surface area contributed by atoms with E-state index >= 15 is 0 Å². The van der Waals surface area contributed by atoms with Crippen molar-refractivity contribution >= 4 is 10.0 Å². The van der Waals surface area contributed by atoms with Crippen molar-refractivity contribution in [1.82, 2.24) is 4.72 Å². The van der Waals surface area contributed by atoms with Crippen LogP contribution in [-0.2, 0) is 10.0 Å². The third kappa shape index (κ3) is 3.51. The van der Waals surface area contributed by atoms with Gasteiger partial charge < -0.3 is 10.2 Å². The Bertz CT molecular complexity index is 249. The number of hydrogen-bond donors (Lipinski definition) is 3. The van der Waals surface area contributed by atoms with Crippen LogP contribution in [0, 0.1) is 0 Å². The molecule has 0 aromatic rings. The summed E-state index contributed by atoms with van der Waals surface area (Å²) in [5, 5.41) is 17.2. The fourth-order valence-corrected chi connectivity index (χ4v) is 1.41. The zero-order valence-electron chi connectivity index (χ0n) is 6.87. The van der Waals surface area contributed by atoms with Crippen molar-refractivity contribution in [2.24, 2.45) is 0 Å². The van der Waals surface area contributed by atoms with Crippen LogP contribution in [0.2, 0.25) is 0 Å². The maximum atomic E-state index is 11.8. The highest BCUT2D eigenvalue weighted by atomic mass is 32.2. The van der Waals surface area contributed by atoms with Gasteiger partial charge >= 0.3 is 5.76 Å². The van der Waals surface area contributed by atoms with Crippen molar-refractivity contribution in [2.45, 2.75) is 18.2 Å². The van der Waals surface area contributed by atoms with E-state index in [4.69, 9.17) is 10.2 Å². The largest absolute Gasteiger partial charge is 0.394 e. The predicted molar refractivity (Wildman–Crippen MR) is 40.6 cm³/mol. The Morgan fingerprint density at radius 3 is 2.00 bits per heavy atom. The van der Waals surface area contributed by atoms with Gasteiger partial charge in [0.2, 0.25) is 0 Å². The first-order valence-corrected chi connectivity index (χ1v) is 4.85. The molecular weight excluding hydrogens is 208 g/mol. The highest BCUT2D eigenvalue weighted by Gasteiger charge is 2.33. The molecule has 0 radical (unpaired) electrons. The van der Waals surface area contributed by atoms with Gasteiger partial charge in [0, 0.05) is 0 Å². The molecule has 0 fully saturated rings. The van der Waals surface area contributed by atoms with Gasteiger partial charge in [0.1, 0.15) is 0 Å². The summed E-state index contributed by atoms with van der Waals surface area (Å²) in [6, 6.07) is 0. The summed E-state index contributed by atoms with van der Waals surface area (Å²) in [6.07, 6.45) is 0. The first-order chi connectivity index (χ1) is 5.77. The van der Waals surface area contributed by atoms with Gasteiger partial charge in [-0.25, -0.2) is 8.42 Å². The molecule has 0 heterocycles. The van der Waals surface area contributed by atoms with E-state index in [0.29, 0.717) is 0 Å². The van der Waals surface area contributed by atoms with Crippen LogP contribution in [0.3, 0.4) is 0 Å². The van der Waals surface area contributed by atoms with Crippen LogP contribution in [0.25, 0.3) is 0 Å². The highest BCUT2D eigenvalue weighted by Crippen LogP contribution is 2.09. The molecular formula is C5H11F2NO4S. The van der Waals surface area contributed by atoms with Gasteiger partial charge in [-0.3, -0.25) is 0 Å². The fraction of sp³-hybridized carbons (Fsp3) is 1.00. The molecule has 0 atom stereocenters. The standard InChI is InChI=1S/C5H11F2NO4S/c1-5(2-9,3-10)8-13(11,12)4(6)7/h4,8-10H,2-3H2,1H3. The highest BCUT2D eigenvalue weighted by molar-refractivity contribution is 7.89. The monoisotopic (exact) mass is 219 g/mol. The van der Waals surface area contributed by atoms with Crippen LogP contribution in [0.5, 0.6) is 0 Å². The average molecular weight is 219 g/mol. The molecule has 0 aliphatic carbocycles. The van der Waals surface area contributed by atoms with Crippen molar-refractivity contribution in [3.8, 4) is 0 Å². The molecule has 0 aliphatic heterocycles. The summed E-state index contributed by atoms with van der Waals surface area (Å²) < 4.78 is 46.3. The number of hydrogen-bond acceptors (Lipinski definition) is 4. The number of alkyl halides is 2. The lowest BCUT2D eigenvalue weighted by Gasteiger charge is -2.25. The van der Waals surface area contributed by atoms with Gasteiger partial charge in [0.15, 0.2) is 0 Å².